The van der Waals surface area contributed by atoms with Crippen LogP contribution in [0, 0.1) is 0 Å². The van der Waals surface area contributed by atoms with Crippen molar-refractivity contribution in [1.82, 2.24) is 5.32 Å². The van der Waals surface area contributed by atoms with E-state index in [1.54, 1.807) is 24.3 Å². The van der Waals surface area contributed by atoms with Crippen molar-refractivity contribution >= 4 is 41.4 Å². The smallest absolute Gasteiger partial charge is 0.288 e. The molecule has 1 aliphatic heterocycles. The number of carbonyl (C=O) groups excluding carboxylic acids is 2. The Hall–Kier alpha value is -1.11. The molecule has 0 spiro atoms. The van der Waals surface area contributed by atoms with Gasteiger partial charge in [0.05, 0.1) is 11.1 Å². The quantitative estimate of drug-likeness (QED) is 0.574. The zero-order valence-electron chi connectivity index (χ0n) is 7.61. The fourth-order valence-electron chi connectivity index (χ4n) is 1.12. The van der Waals surface area contributed by atoms with Crippen LogP contribution in [0.25, 0.3) is 0 Å². The van der Waals surface area contributed by atoms with Crippen LogP contribution in [0.1, 0.15) is 20.7 Å². The fraction of sp³-hybridized carbons (Fsp3) is 0. The number of hydrogen-bond acceptors (Lipinski definition) is 4. The summed E-state index contributed by atoms with van der Waals surface area (Å²) in [5.74, 6) is -0.601. The van der Waals surface area contributed by atoms with Gasteiger partial charge in [-0.15, -0.1) is 0 Å². The zero-order valence-corrected chi connectivity index (χ0v) is 9.93. The molecule has 0 atom stereocenters. The zero-order chi connectivity index (χ0) is 12.3. The van der Waals surface area contributed by atoms with Crippen molar-refractivity contribution in [3.8, 4) is 0 Å². The van der Waals surface area contributed by atoms with Gasteiger partial charge in [-0.25, -0.2) is 0 Å². The molecule has 5 nitrogen and oxygen atoms in total. The average Bonchev–Trinajstić information content (AvgIpc) is 2.41. The van der Waals surface area contributed by atoms with E-state index in [-0.39, 0.29) is 11.8 Å². The second-order valence-electron chi connectivity index (χ2n) is 2.71. The van der Waals surface area contributed by atoms with E-state index in [4.69, 9.17) is 8.42 Å². The van der Waals surface area contributed by atoms with Gasteiger partial charge < -0.3 is 0 Å². The molecule has 0 saturated heterocycles. The monoisotopic (exact) mass is 281 g/mol. The number of hydrogen-bond donors (Lipinski definition) is 1. The van der Waals surface area contributed by atoms with Crippen molar-refractivity contribution in [2.75, 3.05) is 0 Å². The molecule has 0 bridgehead atoms. The predicted molar refractivity (Wildman–Crippen MR) is 58.9 cm³/mol. The van der Waals surface area contributed by atoms with Crippen molar-refractivity contribution in [2.45, 2.75) is 0 Å². The molecule has 1 aromatic carbocycles. The maximum Gasteiger partial charge on any atom is 0.317 e. The largest absolute Gasteiger partial charge is 0.317 e. The molecule has 8 heteroatoms. The maximum atomic E-state index is 10.9. The summed E-state index contributed by atoms with van der Waals surface area (Å²) in [7, 11) is 4.81. The van der Waals surface area contributed by atoms with Gasteiger partial charge in [0, 0.05) is 21.4 Å². The van der Waals surface area contributed by atoms with Crippen LogP contribution < -0.4 is 5.32 Å². The number of nitrogens with one attached hydrogen (secondary N) is 1. The highest BCUT2D eigenvalue weighted by Crippen LogP contribution is 2.13. The topological polar surface area (TPSA) is 80.3 Å². The molecule has 16 heavy (non-hydrogen) atoms. The number of amides is 2. The van der Waals surface area contributed by atoms with Crippen LogP contribution in [0.5, 0.6) is 0 Å². The summed E-state index contributed by atoms with van der Waals surface area (Å²) in [5.41, 5.74) is 0.940. The van der Waals surface area contributed by atoms with Gasteiger partial charge >= 0.3 is 8.26 Å². The summed E-state index contributed by atoms with van der Waals surface area (Å²) in [4.78, 5) is 21.9. The van der Waals surface area contributed by atoms with Crippen molar-refractivity contribution in [1.29, 1.82) is 0 Å². The Bertz CT molecular complexity index is 500. The van der Waals surface area contributed by atoms with E-state index < -0.39 is 8.26 Å². The summed E-state index contributed by atoms with van der Waals surface area (Å²) < 4.78 is 18.3. The van der Waals surface area contributed by atoms with E-state index in [1.807, 2.05) is 0 Å². The Labute approximate surface area is 100 Å². The van der Waals surface area contributed by atoms with Crippen LogP contribution in [0.4, 0.5) is 0 Å². The normalized spacial score (nSPS) is 13.6. The van der Waals surface area contributed by atoms with Crippen molar-refractivity contribution in [3.05, 3.63) is 35.4 Å². The minimum absolute atomic E-state index is 0.300. The standard InChI is InChI=1S/C8H5NO2.Cl2O2S/c10-7-5-3-1-2-4-6(5)8(11)9-7;1-5(2,3)4/h1-4H,(H,9,10,11);. The molecule has 1 N–H and O–H groups in total. The molecule has 0 unspecified atom stereocenters. The van der Waals surface area contributed by atoms with Crippen molar-refractivity contribution in [2.24, 2.45) is 0 Å². The van der Waals surface area contributed by atoms with E-state index in [9.17, 15) is 9.59 Å². The Kier molecular flexibility index (Phi) is 3.90. The highest BCUT2D eigenvalue weighted by Gasteiger charge is 2.25. The van der Waals surface area contributed by atoms with E-state index in [2.05, 4.69) is 26.7 Å². The lowest BCUT2D eigenvalue weighted by molar-refractivity contribution is 0.0879. The molecule has 1 heterocycles. The maximum absolute atomic E-state index is 10.9. The Balaban J connectivity index is 0.000000221. The summed E-state index contributed by atoms with van der Waals surface area (Å²) in [6, 6.07) is 6.74. The first-order valence-electron chi connectivity index (χ1n) is 3.88. The Morgan fingerprint density at radius 2 is 1.25 bits per heavy atom. The van der Waals surface area contributed by atoms with Gasteiger partial charge in [0.2, 0.25) is 0 Å². The SMILES string of the molecule is O=C1NC(=O)c2ccccc21.O=S(=O)(Cl)Cl. The van der Waals surface area contributed by atoms with Gasteiger partial charge in [-0.1, -0.05) is 12.1 Å². The Morgan fingerprint density at radius 1 is 0.938 bits per heavy atom. The lowest BCUT2D eigenvalue weighted by Crippen LogP contribution is -2.19. The molecule has 0 aliphatic carbocycles. The summed E-state index contributed by atoms with van der Waals surface area (Å²) in [6.45, 7) is 0. The highest BCUT2D eigenvalue weighted by atomic mass is 36.0. The first kappa shape index (κ1) is 13.0. The van der Waals surface area contributed by atoms with Crippen molar-refractivity contribution < 1.29 is 18.0 Å². The number of imide groups is 1. The first-order chi connectivity index (χ1) is 7.29. The third-order valence-corrected chi connectivity index (χ3v) is 1.64. The predicted octanol–water partition coefficient (Wildman–Crippen LogP) is 1.28. The molecular formula is C8H5Cl2NO4S. The lowest BCUT2D eigenvalue weighted by atomic mass is 10.1. The second-order valence-corrected chi connectivity index (χ2v) is 6.38. The first-order valence-corrected chi connectivity index (χ1v) is 7.01. The Morgan fingerprint density at radius 3 is 1.56 bits per heavy atom. The molecule has 1 aliphatic rings. The van der Waals surface area contributed by atoms with Crippen LogP contribution in [0.15, 0.2) is 24.3 Å². The average molecular weight is 282 g/mol. The van der Waals surface area contributed by atoms with Gasteiger partial charge in [-0.2, -0.15) is 8.42 Å². The molecule has 0 aromatic heterocycles. The second kappa shape index (κ2) is 4.82. The molecule has 86 valence electrons. The molecule has 0 fully saturated rings. The molecule has 2 rings (SSSR count). The lowest BCUT2D eigenvalue weighted by Gasteiger charge is -1.88. The molecule has 2 amide bonds. The summed E-state index contributed by atoms with van der Waals surface area (Å²) in [6.07, 6.45) is 0. The van der Waals surface area contributed by atoms with Gasteiger partial charge in [0.15, 0.2) is 0 Å². The number of benzene rings is 1. The molecule has 1 aromatic rings. The van der Waals surface area contributed by atoms with E-state index in [0.29, 0.717) is 11.1 Å². The molecule has 0 radical (unpaired) electrons. The number of rotatable bonds is 0. The number of halogens is 2. The van der Waals surface area contributed by atoms with Crippen molar-refractivity contribution in [3.63, 3.8) is 0 Å². The number of fused-ring (bicyclic) bond motifs is 1. The van der Waals surface area contributed by atoms with Gasteiger partial charge in [0.1, 0.15) is 0 Å². The fourth-order valence-corrected chi connectivity index (χ4v) is 1.12. The summed E-state index contributed by atoms with van der Waals surface area (Å²) in [5, 5.41) is 2.20. The minimum atomic E-state index is -3.72. The number of carbonyl (C=O) groups is 2. The van der Waals surface area contributed by atoms with E-state index in [1.165, 1.54) is 0 Å². The van der Waals surface area contributed by atoms with Gasteiger partial charge in [-0.3, -0.25) is 14.9 Å². The van der Waals surface area contributed by atoms with E-state index in [0.717, 1.165) is 0 Å². The van der Waals surface area contributed by atoms with Crippen LogP contribution >= 0.6 is 21.4 Å². The van der Waals surface area contributed by atoms with Crippen LogP contribution in [-0.2, 0) is 8.26 Å². The van der Waals surface area contributed by atoms with Crippen LogP contribution in [0.3, 0.4) is 0 Å². The summed E-state index contributed by atoms with van der Waals surface area (Å²) >= 11 is 0. The molecular weight excluding hydrogens is 277 g/mol. The highest BCUT2D eigenvalue weighted by molar-refractivity contribution is 8.31. The van der Waals surface area contributed by atoms with Crippen LogP contribution in [-0.4, -0.2) is 20.2 Å². The third-order valence-electron chi connectivity index (χ3n) is 1.64. The van der Waals surface area contributed by atoms with Crippen LogP contribution in [0.2, 0.25) is 0 Å². The van der Waals surface area contributed by atoms with E-state index >= 15 is 0 Å². The third kappa shape index (κ3) is 3.80. The van der Waals surface area contributed by atoms with Gasteiger partial charge in [0.25, 0.3) is 11.8 Å². The minimum Gasteiger partial charge on any atom is -0.288 e. The molecule has 0 saturated carbocycles. The van der Waals surface area contributed by atoms with Gasteiger partial charge in [-0.05, 0) is 12.1 Å².